The lowest BCUT2D eigenvalue weighted by molar-refractivity contribution is -0.154. The number of ether oxygens (including phenoxy) is 2. The number of piperazine rings is 1. The number of esters is 1. The van der Waals surface area contributed by atoms with E-state index in [9.17, 15) is 14.4 Å². The summed E-state index contributed by atoms with van der Waals surface area (Å²) in [6.45, 7) is 8.73. The smallest absolute Gasteiger partial charge is 0.308 e. The highest BCUT2D eigenvalue weighted by Gasteiger charge is 2.37. The number of amides is 2. The first-order chi connectivity index (χ1) is 13.3. The Morgan fingerprint density at radius 3 is 2.50 bits per heavy atom. The van der Waals surface area contributed by atoms with Crippen LogP contribution in [0.5, 0.6) is 5.75 Å². The molecule has 0 bridgehead atoms. The van der Waals surface area contributed by atoms with Crippen LogP contribution in [0.1, 0.15) is 52.0 Å². The van der Waals surface area contributed by atoms with Crippen LogP contribution in [-0.2, 0) is 19.1 Å². The first kappa shape index (κ1) is 21.7. The fourth-order valence-electron chi connectivity index (χ4n) is 3.03. The minimum Gasteiger partial charge on any atom is -0.481 e. The second kappa shape index (κ2) is 10.1. The Hall–Kier alpha value is -2.57. The minimum absolute atomic E-state index is 0.159. The summed E-state index contributed by atoms with van der Waals surface area (Å²) in [4.78, 5) is 38.5. The van der Waals surface area contributed by atoms with Crippen molar-refractivity contribution in [3.8, 4) is 5.75 Å². The van der Waals surface area contributed by atoms with Crippen molar-refractivity contribution in [3.63, 3.8) is 0 Å². The molecule has 2 atom stereocenters. The van der Waals surface area contributed by atoms with Crippen molar-refractivity contribution in [1.29, 1.82) is 0 Å². The molecule has 1 aromatic rings. The average molecular weight is 390 g/mol. The van der Waals surface area contributed by atoms with Gasteiger partial charge in [-0.25, -0.2) is 0 Å². The van der Waals surface area contributed by atoms with Crippen LogP contribution in [0.25, 0.3) is 0 Å². The largest absolute Gasteiger partial charge is 0.481 e. The van der Waals surface area contributed by atoms with E-state index in [2.05, 4.69) is 19.2 Å². The third kappa shape index (κ3) is 5.71. The molecule has 2 amide bonds. The van der Waals surface area contributed by atoms with E-state index >= 15 is 0 Å². The summed E-state index contributed by atoms with van der Waals surface area (Å²) < 4.78 is 10.8. The first-order valence-electron chi connectivity index (χ1n) is 9.83. The van der Waals surface area contributed by atoms with Gasteiger partial charge < -0.3 is 19.7 Å². The van der Waals surface area contributed by atoms with E-state index in [0.717, 1.165) is 0 Å². The van der Waals surface area contributed by atoms with Crippen LogP contribution < -0.4 is 10.1 Å². The second-order valence-electron chi connectivity index (χ2n) is 7.25. The molecule has 0 radical (unpaired) electrons. The number of benzene rings is 1. The van der Waals surface area contributed by atoms with Crippen LogP contribution in [-0.4, -0.2) is 54.5 Å². The molecule has 0 unspecified atom stereocenters. The SMILES string of the molecule is CCCOC(=O)C[C@H]1C(=O)NCCN1C(=O)[C@H](C)Oc1ccc(C(C)C)cc1. The van der Waals surface area contributed by atoms with Gasteiger partial charge in [0.25, 0.3) is 5.91 Å². The maximum atomic E-state index is 12.9. The van der Waals surface area contributed by atoms with Crippen molar-refractivity contribution < 1.29 is 23.9 Å². The van der Waals surface area contributed by atoms with Crippen LogP contribution in [0.15, 0.2) is 24.3 Å². The Balaban J connectivity index is 2.03. The number of nitrogens with zero attached hydrogens (tertiary/aromatic N) is 1. The number of hydrogen-bond donors (Lipinski definition) is 1. The van der Waals surface area contributed by atoms with Gasteiger partial charge in [-0.3, -0.25) is 14.4 Å². The lowest BCUT2D eigenvalue weighted by atomic mass is 10.0. The van der Waals surface area contributed by atoms with Crippen LogP contribution in [0.4, 0.5) is 0 Å². The van der Waals surface area contributed by atoms with Gasteiger partial charge in [-0.15, -0.1) is 0 Å². The van der Waals surface area contributed by atoms with E-state index in [1.165, 1.54) is 10.5 Å². The Morgan fingerprint density at radius 2 is 1.89 bits per heavy atom. The second-order valence-corrected chi connectivity index (χ2v) is 7.25. The van der Waals surface area contributed by atoms with Gasteiger partial charge in [0.15, 0.2) is 6.10 Å². The number of rotatable bonds is 8. The van der Waals surface area contributed by atoms with Gasteiger partial charge in [0.1, 0.15) is 11.8 Å². The van der Waals surface area contributed by atoms with Crippen molar-refractivity contribution in [1.82, 2.24) is 10.2 Å². The van der Waals surface area contributed by atoms with E-state index in [1.54, 1.807) is 6.92 Å². The summed E-state index contributed by atoms with van der Waals surface area (Å²) in [7, 11) is 0. The Morgan fingerprint density at radius 1 is 1.21 bits per heavy atom. The number of nitrogens with one attached hydrogen (secondary N) is 1. The van der Waals surface area contributed by atoms with E-state index in [-0.39, 0.29) is 18.2 Å². The summed E-state index contributed by atoms with van der Waals surface area (Å²) >= 11 is 0. The zero-order valence-corrected chi connectivity index (χ0v) is 17.1. The highest BCUT2D eigenvalue weighted by molar-refractivity contribution is 5.93. The third-order valence-corrected chi connectivity index (χ3v) is 4.65. The summed E-state index contributed by atoms with van der Waals surface area (Å²) in [6, 6.07) is 6.74. The van der Waals surface area contributed by atoms with Crippen molar-refractivity contribution in [2.75, 3.05) is 19.7 Å². The molecule has 154 valence electrons. The standard InChI is InChI=1S/C21H30N2O5/c1-5-12-27-19(24)13-18-20(25)22-10-11-23(18)21(26)15(4)28-17-8-6-16(7-9-17)14(2)3/h6-9,14-15,18H,5,10-13H2,1-4H3,(H,22,25)/t15-,18-/m0/s1. The molecule has 1 aromatic carbocycles. The van der Waals surface area contributed by atoms with Gasteiger partial charge in [0.05, 0.1) is 13.0 Å². The summed E-state index contributed by atoms with van der Waals surface area (Å²) in [5, 5.41) is 2.70. The fraction of sp³-hybridized carbons (Fsp3) is 0.571. The third-order valence-electron chi connectivity index (χ3n) is 4.65. The molecule has 2 rings (SSSR count). The van der Waals surface area contributed by atoms with E-state index in [0.29, 0.717) is 37.8 Å². The van der Waals surface area contributed by atoms with Crippen LogP contribution in [0, 0.1) is 0 Å². The van der Waals surface area contributed by atoms with E-state index in [4.69, 9.17) is 9.47 Å². The molecule has 28 heavy (non-hydrogen) atoms. The molecule has 0 aromatic heterocycles. The minimum atomic E-state index is -0.875. The summed E-state index contributed by atoms with van der Waals surface area (Å²) in [6.07, 6.45) is -0.232. The molecule has 1 heterocycles. The fourth-order valence-corrected chi connectivity index (χ4v) is 3.03. The monoisotopic (exact) mass is 390 g/mol. The Labute approximate surface area is 166 Å². The number of hydrogen-bond acceptors (Lipinski definition) is 5. The molecule has 1 aliphatic rings. The Bertz CT molecular complexity index is 687. The molecule has 1 fully saturated rings. The highest BCUT2D eigenvalue weighted by Crippen LogP contribution is 2.20. The van der Waals surface area contributed by atoms with Crippen LogP contribution in [0.3, 0.4) is 0 Å². The van der Waals surface area contributed by atoms with Gasteiger partial charge in [-0.1, -0.05) is 32.9 Å². The summed E-state index contributed by atoms with van der Waals surface area (Å²) in [5.74, 6) is -0.157. The zero-order chi connectivity index (χ0) is 20.7. The van der Waals surface area contributed by atoms with Gasteiger partial charge in [-0.2, -0.15) is 0 Å². The normalized spacial score (nSPS) is 17.8. The average Bonchev–Trinajstić information content (AvgIpc) is 2.67. The topological polar surface area (TPSA) is 84.9 Å². The molecule has 0 aliphatic carbocycles. The highest BCUT2D eigenvalue weighted by atomic mass is 16.5. The van der Waals surface area contributed by atoms with Gasteiger partial charge in [0.2, 0.25) is 5.91 Å². The van der Waals surface area contributed by atoms with Crippen molar-refractivity contribution in [2.45, 2.75) is 58.6 Å². The molecule has 7 heteroatoms. The van der Waals surface area contributed by atoms with Crippen molar-refractivity contribution in [2.24, 2.45) is 0 Å². The Kier molecular flexibility index (Phi) is 7.84. The maximum Gasteiger partial charge on any atom is 0.308 e. The van der Waals surface area contributed by atoms with Gasteiger partial charge in [0, 0.05) is 13.1 Å². The lowest BCUT2D eigenvalue weighted by Gasteiger charge is -2.36. The molecule has 1 aliphatic heterocycles. The molecule has 1 N–H and O–H groups in total. The van der Waals surface area contributed by atoms with Crippen molar-refractivity contribution >= 4 is 17.8 Å². The quantitative estimate of drug-likeness (QED) is 0.688. The van der Waals surface area contributed by atoms with Crippen molar-refractivity contribution in [3.05, 3.63) is 29.8 Å². The molecule has 1 saturated heterocycles. The molecule has 7 nitrogen and oxygen atoms in total. The zero-order valence-electron chi connectivity index (χ0n) is 17.1. The van der Waals surface area contributed by atoms with Crippen LogP contribution in [0.2, 0.25) is 0 Å². The summed E-state index contributed by atoms with van der Waals surface area (Å²) in [5.41, 5.74) is 1.18. The predicted octanol–water partition coefficient (Wildman–Crippen LogP) is 2.25. The lowest BCUT2D eigenvalue weighted by Crippen LogP contribution is -2.60. The van der Waals surface area contributed by atoms with E-state index in [1.807, 2.05) is 31.2 Å². The van der Waals surface area contributed by atoms with E-state index < -0.39 is 18.1 Å². The maximum absolute atomic E-state index is 12.9. The first-order valence-corrected chi connectivity index (χ1v) is 9.83. The van der Waals surface area contributed by atoms with Gasteiger partial charge in [-0.05, 0) is 37.0 Å². The molecule has 0 saturated carbocycles. The van der Waals surface area contributed by atoms with Gasteiger partial charge >= 0.3 is 5.97 Å². The molecule has 0 spiro atoms. The molecular formula is C21H30N2O5. The van der Waals surface area contributed by atoms with Crippen LogP contribution >= 0.6 is 0 Å². The molecular weight excluding hydrogens is 360 g/mol. The number of carbonyl (C=O) groups is 3. The predicted molar refractivity (Wildman–Crippen MR) is 105 cm³/mol. The number of carbonyl (C=O) groups excluding carboxylic acids is 3.